The Balaban J connectivity index is 2.22. The predicted octanol–water partition coefficient (Wildman–Crippen LogP) is 2.60. The van der Waals surface area contributed by atoms with E-state index in [2.05, 4.69) is 10.3 Å². The summed E-state index contributed by atoms with van der Waals surface area (Å²) in [6.07, 6.45) is 0. The molecule has 2 N–H and O–H groups in total. The highest BCUT2D eigenvalue weighted by atomic mass is 16.3. The highest BCUT2D eigenvalue weighted by Gasteiger charge is 2.20. The predicted molar refractivity (Wildman–Crippen MR) is 111 cm³/mol. The number of anilines is 1. The van der Waals surface area contributed by atoms with Crippen LogP contribution in [0.2, 0.25) is 0 Å². The summed E-state index contributed by atoms with van der Waals surface area (Å²) in [5.74, 6) is -0.292. The van der Waals surface area contributed by atoms with Gasteiger partial charge in [0, 0.05) is 19.8 Å². The molecule has 0 aliphatic heterocycles. The Bertz CT molecular complexity index is 1150. The first-order valence-corrected chi connectivity index (χ1v) is 8.76. The summed E-state index contributed by atoms with van der Waals surface area (Å²) in [4.78, 5) is 29.4. The Morgan fingerprint density at radius 2 is 1.43 bits per heavy atom. The third-order valence-corrected chi connectivity index (χ3v) is 4.46. The maximum Gasteiger partial charge on any atom is 0.333 e. The van der Waals surface area contributed by atoms with Gasteiger partial charge in [0.2, 0.25) is 5.88 Å². The number of amidine groups is 1. The van der Waals surface area contributed by atoms with Gasteiger partial charge < -0.3 is 10.4 Å². The van der Waals surface area contributed by atoms with Crippen molar-refractivity contribution in [2.75, 3.05) is 5.32 Å². The molecule has 3 aromatic rings. The second kappa shape index (κ2) is 7.56. The Hall–Kier alpha value is -3.61. The molecule has 0 saturated carbocycles. The lowest BCUT2D eigenvalue weighted by molar-refractivity contribution is 0.410. The summed E-state index contributed by atoms with van der Waals surface area (Å²) in [5, 5.41) is 13.6. The zero-order valence-corrected chi connectivity index (χ0v) is 16.2. The lowest BCUT2D eigenvalue weighted by atomic mass is 10.2. The zero-order chi connectivity index (χ0) is 20.4. The number of benzene rings is 2. The van der Waals surface area contributed by atoms with E-state index in [9.17, 15) is 14.7 Å². The molecule has 0 atom stereocenters. The third-order valence-electron chi connectivity index (χ3n) is 4.46. The fourth-order valence-electron chi connectivity index (χ4n) is 2.71. The van der Waals surface area contributed by atoms with E-state index in [-0.39, 0.29) is 11.4 Å². The molecule has 0 unspecified atom stereocenters. The van der Waals surface area contributed by atoms with Crippen LogP contribution in [-0.2, 0) is 14.1 Å². The fraction of sp³-hybridized carbons (Fsp3) is 0.190. The zero-order valence-electron chi connectivity index (χ0n) is 16.2. The van der Waals surface area contributed by atoms with E-state index in [0.717, 1.165) is 20.3 Å². The average molecular weight is 378 g/mol. The summed E-state index contributed by atoms with van der Waals surface area (Å²) in [6, 6.07) is 15.0. The molecule has 144 valence electrons. The number of aryl methyl sites for hydroxylation is 2. The highest BCUT2D eigenvalue weighted by molar-refractivity contribution is 6.10. The summed E-state index contributed by atoms with van der Waals surface area (Å²) in [6.45, 7) is 3.94. The van der Waals surface area contributed by atoms with Gasteiger partial charge in [-0.1, -0.05) is 35.4 Å². The molecule has 1 aromatic heterocycles. The molecule has 2 aromatic carbocycles. The van der Waals surface area contributed by atoms with Crippen molar-refractivity contribution in [2.24, 2.45) is 19.1 Å². The van der Waals surface area contributed by atoms with E-state index in [0.29, 0.717) is 11.4 Å². The molecule has 3 rings (SSSR count). The number of hydrogen-bond donors (Lipinski definition) is 2. The lowest BCUT2D eigenvalue weighted by Crippen LogP contribution is -2.41. The highest BCUT2D eigenvalue weighted by Crippen LogP contribution is 2.19. The van der Waals surface area contributed by atoms with Crippen molar-refractivity contribution in [2.45, 2.75) is 13.8 Å². The monoisotopic (exact) mass is 378 g/mol. The Morgan fingerprint density at radius 3 is 2.00 bits per heavy atom. The van der Waals surface area contributed by atoms with Gasteiger partial charge in [0.15, 0.2) is 0 Å². The van der Waals surface area contributed by atoms with Crippen LogP contribution in [0.3, 0.4) is 0 Å². The quantitative estimate of drug-likeness (QED) is 0.542. The second-order valence-corrected chi connectivity index (χ2v) is 6.69. The molecule has 28 heavy (non-hydrogen) atoms. The molecule has 0 spiro atoms. The van der Waals surface area contributed by atoms with Gasteiger partial charge in [-0.3, -0.25) is 13.9 Å². The molecule has 0 aliphatic carbocycles. The minimum Gasteiger partial charge on any atom is -0.494 e. The topological polar surface area (TPSA) is 88.6 Å². The van der Waals surface area contributed by atoms with Gasteiger partial charge in [-0.15, -0.1) is 0 Å². The Labute approximate surface area is 162 Å². The van der Waals surface area contributed by atoms with Crippen LogP contribution in [0.15, 0.2) is 63.1 Å². The largest absolute Gasteiger partial charge is 0.494 e. The molecule has 0 aliphatic rings. The van der Waals surface area contributed by atoms with Crippen LogP contribution < -0.4 is 16.6 Å². The molecule has 1 heterocycles. The van der Waals surface area contributed by atoms with E-state index in [4.69, 9.17) is 0 Å². The summed E-state index contributed by atoms with van der Waals surface area (Å²) in [5.41, 5.74) is 2.15. The minimum atomic E-state index is -0.633. The molecular weight excluding hydrogens is 356 g/mol. The fourth-order valence-corrected chi connectivity index (χ4v) is 2.71. The summed E-state index contributed by atoms with van der Waals surface area (Å²) < 4.78 is 1.95. The molecule has 0 fully saturated rings. The smallest absolute Gasteiger partial charge is 0.333 e. The standard InChI is InChI=1S/C21H22N4O3/c1-13-5-9-15(10-6-13)22-18(23-16-11-7-14(2)8-12-16)17-19(26)24(3)21(28)25(4)20(17)27/h5-12,26H,1-4H3,(H,22,23). The van der Waals surface area contributed by atoms with Crippen LogP contribution in [0.4, 0.5) is 11.4 Å². The first-order chi connectivity index (χ1) is 13.3. The van der Waals surface area contributed by atoms with Crippen molar-refractivity contribution in [3.05, 3.63) is 86.1 Å². The molecule has 7 nitrogen and oxygen atoms in total. The van der Waals surface area contributed by atoms with Gasteiger partial charge in [0.05, 0.1) is 5.69 Å². The van der Waals surface area contributed by atoms with E-state index in [1.165, 1.54) is 14.1 Å². The molecule has 0 radical (unpaired) electrons. The van der Waals surface area contributed by atoms with E-state index >= 15 is 0 Å². The van der Waals surface area contributed by atoms with Gasteiger partial charge in [0.1, 0.15) is 11.4 Å². The molecular formula is C21H22N4O3. The maximum atomic E-state index is 12.8. The maximum absolute atomic E-state index is 12.8. The number of hydrogen-bond acceptors (Lipinski definition) is 4. The molecule has 0 bridgehead atoms. The van der Waals surface area contributed by atoms with Crippen molar-refractivity contribution in [3.63, 3.8) is 0 Å². The van der Waals surface area contributed by atoms with E-state index in [1.807, 2.05) is 62.4 Å². The van der Waals surface area contributed by atoms with Gasteiger partial charge in [-0.2, -0.15) is 0 Å². The van der Waals surface area contributed by atoms with Crippen LogP contribution in [-0.4, -0.2) is 20.1 Å². The number of nitrogens with zero attached hydrogens (tertiary/aromatic N) is 3. The lowest BCUT2D eigenvalue weighted by Gasteiger charge is -2.14. The van der Waals surface area contributed by atoms with Crippen LogP contribution in [0.1, 0.15) is 16.7 Å². The minimum absolute atomic E-state index is 0.0780. The first kappa shape index (κ1) is 19.2. The Morgan fingerprint density at radius 1 is 0.893 bits per heavy atom. The normalized spacial score (nSPS) is 11.5. The second-order valence-electron chi connectivity index (χ2n) is 6.69. The first-order valence-electron chi connectivity index (χ1n) is 8.76. The van der Waals surface area contributed by atoms with Crippen LogP contribution in [0.25, 0.3) is 0 Å². The Kier molecular flexibility index (Phi) is 5.17. The van der Waals surface area contributed by atoms with Gasteiger partial charge in [0.25, 0.3) is 5.56 Å². The van der Waals surface area contributed by atoms with Crippen LogP contribution >= 0.6 is 0 Å². The van der Waals surface area contributed by atoms with Crippen molar-refractivity contribution >= 4 is 17.2 Å². The molecule has 7 heteroatoms. The van der Waals surface area contributed by atoms with E-state index in [1.54, 1.807) is 0 Å². The third kappa shape index (κ3) is 3.73. The number of aromatic hydroxyl groups is 1. The number of aromatic nitrogens is 2. The summed E-state index contributed by atoms with van der Waals surface area (Å²) >= 11 is 0. The van der Waals surface area contributed by atoms with Gasteiger partial charge >= 0.3 is 5.69 Å². The number of rotatable bonds is 3. The van der Waals surface area contributed by atoms with Crippen molar-refractivity contribution < 1.29 is 5.11 Å². The average Bonchev–Trinajstić information content (AvgIpc) is 2.68. The van der Waals surface area contributed by atoms with Crippen molar-refractivity contribution in [3.8, 4) is 5.88 Å². The van der Waals surface area contributed by atoms with Gasteiger partial charge in [-0.25, -0.2) is 9.79 Å². The van der Waals surface area contributed by atoms with E-state index < -0.39 is 17.1 Å². The van der Waals surface area contributed by atoms with Crippen molar-refractivity contribution in [1.29, 1.82) is 0 Å². The SMILES string of the molecule is Cc1ccc(N=C(Nc2ccc(C)cc2)c2c(O)n(C)c(=O)n(C)c2=O)cc1. The molecule has 0 amide bonds. The molecule has 0 saturated heterocycles. The van der Waals surface area contributed by atoms with Crippen molar-refractivity contribution in [1.82, 2.24) is 9.13 Å². The van der Waals surface area contributed by atoms with Gasteiger partial charge in [-0.05, 0) is 38.1 Å². The number of nitrogens with one attached hydrogen (secondary N) is 1. The van der Waals surface area contributed by atoms with Crippen LogP contribution in [0, 0.1) is 13.8 Å². The summed E-state index contributed by atoms with van der Waals surface area (Å²) in [7, 11) is 2.76. The van der Waals surface area contributed by atoms with Crippen LogP contribution in [0.5, 0.6) is 5.88 Å². The number of aliphatic imine (C=N–C) groups is 1.